The highest BCUT2D eigenvalue weighted by Gasteiger charge is 2.17. The molecular formula is C21H23N3O3. The Morgan fingerprint density at radius 3 is 2.78 bits per heavy atom. The highest BCUT2D eigenvalue weighted by atomic mass is 16.6. The van der Waals surface area contributed by atoms with E-state index in [1.165, 1.54) is 5.56 Å². The van der Waals surface area contributed by atoms with E-state index in [2.05, 4.69) is 34.3 Å². The summed E-state index contributed by atoms with van der Waals surface area (Å²) in [5, 5.41) is 3.03. The van der Waals surface area contributed by atoms with E-state index in [0.717, 1.165) is 33.7 Å². The summed E-state index contributed by atoms with van der Waals surface area (Å²) in [6.07, 6.45) is 0.210. The number of amides is 1. The molecule has 3 aromatic rings. The van der Waals surface area contributed by atoms with E-state index >= 15 is 0 Å². The molecule has 0 unspecified atom stereocenters. The monoisotopic (exact) mass is 365 g/mol. The van der Waals surface area contributed by atoms with Gasteiger partial charge < -0.3 is 19.8 Å². The Hall–Kier alpha value is -3.02. The zero-order chi connectivity index (χ0) is 19.0. The number of imidazole rings is 1. The van der Waals surface area contributed by atoms with Gasteiger partial charge in [0, 0.05) is 0 Å². The van der Waals surface area contributed by atoms with E-state index in [0.29, 0.717) is 19.0 Å². The Morgan fingerprint density at radius 1 is 1.19 bits per heavy atom. The minimum Gasteiger partial charge on any atom is -0.486 e. The van der Waals surface area contributed by atoms with Gasteiger partial charge in [-0.15, -0.1) is 0 Å². The molecule has 0 saturated heterocycles. The number of hydrogen-bond acceptors (Lipinski definition) is 4. The number of ether oxygens (including phenoxy) is 2. The van der Waals surface area contributed by atoms with Gasteiger partial charge in [-0.05, 0) is 55.7 Å². The summed E-state index contributed by atoms with van der Waals surface area (Å²) >= 11 is 0. The van der Waals surface area contributed by atoms with Crippen LogP contribution in [0.5, 0.6) is 11.5 Å². The lowest BCUT2D eigenvalue weighted by atomic mass is 10.1. The maximum Gasteiger partial charge on any atom is 0.228 e. The van der Waals surface area contributed by atoms with Crippen molar-refractivity contribution in [2.24, 2.45) is 0 Å². The van der Waals surface area contributed by atoms with Gasteiger partial charge in [-0.2, -0.15) is 0 Å². The summed E-state index contributed by atoms with van der Waals surface area (Å²) < 4.78 is 11.2. The molecule has 0 fully saturated rings. The molecule has 140 valence electrons. The maximum absolute atomic E-state index is 12.5. The van der Waals surface area contributed by atoms with Crippen LogP contribution in [0.25, 0.3) is 11.0 Å². The first-order valence-electron chi connectivity index (χ1n) is 9.14. The third kappa shape index (κ3) is 3.60. The fraction of sp³-hybridized carbons (Fsp3) is 0.333. The second-order valence-electron chi connectivity index (χ2n) is 7.03. The second kappa shape index (κ2) is 6.95. The van der Waals surface area contributed by atoms with E-state index in [1.54, 1.807) is 0 Å². The Balaban J connectivity index is 1.45. The third-order valence-electron chi connectivity index (χ3n) is 4.74. The molecule has 4 rings (SSSR count). The van der Waals surface area contributed by atoms with Crippen LogP contribution in [-0.2, 0) is 11.2 Å². The molecule has 0 radical (unpaired) electrons. The Bertz CT molecular complexity index is 1010. The quantitative estimate of drug-likeness (QED) is 0.743. The fourth-order valence-corrected chi connectivity index (χ4v) is 3.46. The van der Waals surface area contributed by atoms with Crippen molar-refractivity contribution in [3.8, 4) is 11.5 Å². The van der Waals surface area contributed by atoms with Gasteiger partial charge in [-0.3, -0.25) is 4.79 Å². The van der Waals surface area contributed by atoms with Crippen LogP contribution >= 0.6 is 0 Å². The van der Waals surface area contributed by atoms with Crippen molar-refractivity contribution >= 4 is 16.9 Å². The summed E-state index contributed by atoms with van der Waals surface area (Å²) in [4.78, 5) is 20.3. The Labute approximate surface area is 157 Å². The number of benzene rings is 2. The van der Waals surface area contributed by atoms with Crippen molar-refractivity contribution in [3.63, 3.8) is 0 Å². The average molecular weight is 365 g/mol. The van der Waals surface area contributed by atoms with Crippen LogP contribution in [0.4, 0.5) is 0 Å². The molecule has 2 aromatic carbocycles. The minimum atomic E-state index is -0.137. The standard InChI is InChI=1S/C21H23N3O3/c1-12-8-13(2)21-16(9-12)23-19(24-21)11-20(25)22-14(3)15-4-5-17-18(10-15)27-7-6-26-17/h4-5,8-10,14H,6-7,11H2,1-3H3,(H,22,25)(H,23,24)/t14-/m0/s1. The molecule has 1 aliphatic rings. The molecule has 6 heteroatoms. The first kappa shape index (κ1) is 17.4. The predicted octanol–water partition coefficient (Wildman–Crippen LogP) is 3.37. The number of carbonyl (C=O) groups excluding carboxylic acids is 1. The average Bonchev–Trinajstić information content (AvgIpc) is 3.03. The van der Waals surface area contributed by atoms with Crippen molar-refractivity contribution in [2.75, 3.05) is 13.2 Å². The molecule has 1 aromatic heterocycles. The van der Waals surface area contributed by atoms with E-state index in [1.807, 2.05) is 32.0 Å². The molecule has 1 amide bonds. The molecular weight excluding hydrogens is 342 g/mol. The van der Waals surface area contributed by atoms with E-state index in [-0.39, 0.29) is 18.4 Å². The summed E-state index contributed by atoms with van der Waals surface area (Å²) in [5.41, 5.74) is 5.14. The van der Waals surface area contributed by atoms with Gasteiger partial charge in [-0.1, -0.05) is 12.1 Å². The van der Waals surface area contributed by atoms with Gasteiger partial charge in [0.25, 0.3) is 0 Å². The van der Waals surface area contributed by atoms with Crippen LogP contribution in [0, 0.1) is 13.8 Å². The summed E-state index contributed by atoms with van der Waals surface area (Å²) in [7, 11) is 0. The van der Waals surface area contributed by atoms with Crippen molar-refractivity contribution < 1.29 is 14.3 Å². The number of rotatable bonds is 4. The van der Waals surface area contributed by atoms with Crippen LogP contribution in [0.3, 0.4) is 0 Å². The van der Waals surface area contributed by atoms with Crippen LogP contribution in [0.1, 0.15) is 35.5 Å². The summed E-state index contributed by atoms with van der Waals surface area (Å²) in [6, 6.07) is 9.77. The van der Waals surface area contributed by atoms with Gasteiger partial charge in [0.2, 0.25) is 5.91 Å². The molecule has 2 heterocycles. The number of nitrogens with zero attached hydrogens (tertiary/aromatic N) is 1. The van der Waals surface area contributed by atoms with Crippen LogP contribution in [0.15, 0.2) is 30.3 Å². The number of H-pyrrole nitrogens is 1. The van der Waals surface area contributed by atoms with Gasteiger partial charge in [0.1, 0.15) is 19.0 Å². The SMILES string of the molecule is Cc1cc(C)c2nc(CC(=O)N[C@@H](C)c3ccc4c(c3)OCCO4)[nH]c2c1. The van der Waals surface area contributed by atoms with E-state index in [9.17, 15) is 4.79 Å². The van der Waals surface area contributed by atoms with Crippen molar-refractivity contribution in [1.29, 1.82) is 0 Å². The first-order valence-corrected chi connectivity index (χ1v) is 9.14. The van der Waals surface area contributed by atoms with Gasteiger partial charge in [-0.25, -0.2) is 4.98 Å². The number of aryl methyl sites for hydroxylation is 2. The summed E-state index contributed by atoms with van der Waals surface area (Å²) in [6.45, 7) is 7.14. The number of hydrogen-bond donors (Lipinski definition) is 2. The van der Waals surface area contributed by atoms with Crippen molar-refractivity contribution in [3.05, 3.63) is 52.8 Å². The molecule has 27 heavy (non-hydrogen) atoms. The largest absolute Gasteiger partial charge is 0.486 e. The topological polar surface area (TPSA) is 76.2 Å². The molecule has 0 aliphatic carbocycles. The van der Waals surface area contributed by atoms with E-state index in [4.69, 9.17) is 9.47 Å². The molecule has 1 atom stereocenters. The van der Waals surface area contributed by atoms with Crippen LogP contribution < -0.4 is 14.8 Å². The first-order chi connectivity index (χ1) is 13.0. The molecule has 0 bridgehead atoms. The lowest BCUT2D eigenvalue weighted by molar-refractivity contribution is -0.121. The molecule has 0 saturated carbocycles. The molecule has 2 N–H and O–H groups in total. The minimum absolute atomic E-state index is 0.0779. The number of nitrogens with one attached hydrogen (secondary N) is 2. The zero-order valence-electron chi connectivity index (χ0n) is 15.8. The molecule has 1 aliphatic heterocycles. The van der Waals surface area contributed by atoms with Crippen molar-refractivity contribution in [1.82, 2.24) is 15.3 Å². The lowest BCUT2D eigenvalue weighted by Crippen LogP contribution is -2.28. The number of aromatic amines is 1. The zero-order valence-corrected chi connectivity index (χ0v) is 15.8. The normalized spacial score (nSPS) is 14.2. The third-order valence-corrected chi connectivity index (χ3v) is 4.74. The van der Waals surface area contributed by atoms with Crippen LogP contribution in [0.2, 0.25) is 0 Å². The number of fused-ring (bicyclic) bond motifs is 2. The highest BCUT2D eigenvalue weighted by molar-refractivity contribution is 5.82. The lowest BCUT2D eigenvalue weighted by Gasteiger charge is -2.21. The maximum atomic E-state index is 12.5. The van der Waals surface area contributed by atoms with Crippen molar-refractivity contribution in [2.45, 2.75) is 33.2 Å². The molecule has 0 spiro atoms. The predicted molar refractivity (Wildman–Crippen MR) is 103 cm³/mol. The molecule has 6 nitrogen and oxygen atoms in total. The highest BCUT2D eigenvalue weighted by Crippen LogP contribution is 2.32. The fourth-order valence-electron chi connectivity index (χ4n) is 3.46. The van der Waals surface area contributed by atoms with E-state index < -0.39 is 0 Å². The van der Waals surface area contributed by atoms with Gasteiger partial charge >= 0.3 is 0 Å². The van der Waals surface area contributed by atoms with Crippen LogP contribution in [-0.4, -0.2) is 29.1 Å². The second-order valence-corrected chi connectivity index (χ2v) is 7.03. The van der Waals surface area contributed by atoms with Gasteiger partial charge in [0.15, 0.2) is 11.5 Å². The number of aromatic nitrogens is 2. The van der Waals surface area contributed by atoms with Gasteiger partial charge in [0.05, 0.1) is 23.5 Å². The number of carbonyl (C=O) groups is 1. The Kier molecular flexibility index (Phi) is 4.48. The Morgan fingerprint density at radius 2 is 1.96 bits per heavy atom. The smallest absolute Gasteiger partial charge is 0.228 e. The summed E-state index contributed by atoms with van der Waals surface area (Å²) in [5.74, 6) is 2.07.